The van der Waals surface area contributed by atoms with Gasteiger partial charge in [-0.1, -0.05) is 24.3 Å². The molecular formula is C21H18BrN3O3S2. The van der Waals surface area contributed by atoms with Crippen LogP contribution in [0.15, 0.2) is 34.8 Å². The van der Waals surface area contributed by atoms with Crippen LogP contribution in [0.1, 0.15) is 37.6 Å². The van der Waals surface area contributed by atoms with E-state index < -0.39 is 11.8 Å². The van der Waals surface area contributed by atoms with Gasteiger partial charge < -0.3 is 15.8 Å². The molecule has 6 nitrogen and oxygen atoms in total. The van der Waals surface area contributed by atoms with Crippen LogP contribution in [0.2, 0.25) is 0 Å². The van der Waals surface area contributed by atoms with E-state index in [1.807, 2.05) is 24.3 Å². The molecule has 4 rings (SSSR count). The van der Waals surface area contributed by atoms with Crippen molar-refractivity contribution >= 4 is 72.2 Å². The highest BCUT2D eigenvalue weighted by atomic mass is 79.9. The molecule has 9 heteroatoms. The first-order valence-corrected chi connectivity index (χ1v) is 11.2. The molecule has 0 saturated heterocycles. The highest BCUT2D eigenvalue weighted by Gasteiger charge is 2.26. The van der Waals surface area contributed by atoms with Gasteiger partial charge in [-0.2, -0.15) is 0 Å². The van der Waals surface area contributed by atoms with Crippen molar-refractivity contribution in [3.63, 3.8) is 0 Å². The van der Waals surface area contributed by atoms with E-state index in [1.54, 1.807) is 6.07 Å². The summed E-state index contributed by atoms with van der Waals surface area (Å²) in [6, 6.07) is 9.43. The average molecular weight is 504 g/mol. The van der Waals surface area contributed by atoms with Gasteiger partial charge in [-0.3, -0.25) is 14.9 Å². The molecule has 0 radical (unpaired) electrons. The van der Waals surface area contributed by atoms with Gasteiger partial charge in [-0.15, -0.1) is 11.3 Å². The number of benzene rings is 2. The number of rotatable bonds is 4. The van der Waals surface area contributed by atoms with Crippen LogP contribution in [0.5, 0.6) is 5.75 Å². The number of halogens is 1. The highest BCUT2D eigenvalue weighted by Crippen LogP contribution is 2.39. The molecule has 0 atom stereocenters. The zero-order valence-electron chi connectivity index (χ0n) is 16.0. The number of thiocarbonyl (C=S) groups is 1. The molecule has 0 bridgehead atoms. The number of amides is 2. The van der Waals surface area contributed by atoms with E-state index in [0.717, 1.165) is 40.5 Å². The first kappa shape index (κ1) is 20.8. The summed E-state index contributed by atoms with van der Waals surface area (Å²) in [5, 5.41) is 8.14. The number of anilines is 1. The van der Waals surface area contributed by atoms with Crippen molar-refractivity contribution in [2.45, 2.75) is 19.3 Å². The number of hydrogen-bond acceptors (Lipinski definition) is 5. The molecule has 1 aromatic heterocycles. The van der Waals surface area contributed by atoms with E-state index >= 15 is 0 Å². The van der Waals surface area contributed by atoms with Crippen LogP contribution in [-0.4, -0.2) is 24.0 Å². The normalized spacial score (nSPS) is 12.5. The number of fused-ring (bicyclic) bond motifs is 2. The molecule has 0 saturated carbocycles. The fourth-order valence-electron chi connectivity index (χ4n) is 3.71. The molecule has 1 heterocycles. The lowest BCUT2D eigenvalue weighted by molar-refractivity contribution is 0.0972. The Bertz CT molecular complexity index is 1210. The number of primary amides is 1. The Labute approximate surface area is 190 Å². The standard InChI is InChI=1S/C21H18BrN3O3S2/c1-28-17-13(9-10-5-2-3-6-11(10)16(17)22)19(27)24-21(29)25-20-15(18(23)26)12-7-4-8-14(12)30-20/h2-3,5-6,9H,4,7-8H2,1H3,(H2,23,26)(H2,24,25,27,29). The zero-order valence-corrected chi connectivity index (χ0v) is 19.2. The smallest absolute Gasteiger partial charge is 0.261 e. The van der Waals surface area contributed by atoms with E-state index in [9.17, 15) is 9.59 Å². The van der Waals surface area contributed by atoms with Crippen LogP contribution < -0.4 is 21.1 Å². The number of nitrogens with two attached hydrogens (primary N) is 1. The summed E-state index contributed by atoms with van der Waals surface area (Å²) >= 11 is 10.3. The van der Waals surface area contributed by atoms with Crippen molar-refractivity contribution in [1.82, 2.24) is 5.32 Å². The predicted molar refractivity (Wildman–Crippen MR) is 127 cm³/mol. The van der Waals surface area contributed by atoms with Gasteiger partial charge in [0.2, 0.25) is 0 Å². The number of thiophene rings is 1. The van der Waals surface area contributed by atoms with E-state index in [2.05, 4.69) is 26.6 Å². The molecule has 154 valence electrons. The molecule has 2 amide bonds. The summed E-state index contributed by atoms with van der Waals surface area (Å²) in [5.74, 6) is -0.492. The summed E-state index contributed by atoms with van der Waals surface area (Å²) in [4.78, 5) is 26.0. The van der Waals surface area contributed by atoms with E-state index in [1.165, 1.54) is 18.4 Å². The van der Waals surface area contributed by atoms with E-state index in [-0.39, 0.29) is 5.11 Å². The lowest BCUT2D eigenvalue weighted by Crippen LogP contribution is -2.34. The van der Waals surface area contributed by atoms with Crippen LogP contribution >= 0.6 is 39.5 Å². The largest absolute Gasteiger partial charge is 0.495 e. The molecule has 1 aliphatic carbocycles. The van der Waals surface area contributed by atoms with Crippen LogP contribution in [0, 0.1) is 0 Å². The zero-order chi connectivity index (χ0) is 21.4. The molecule has 1 aliphatic rings. The monoisotopic (exact) mass is 503 g/mol. The third kappa shape index (κ3) is 3.68. The maximum absolute atomic E-state index is 13.0. The van der Waals surface area contributed by atoms with Gasteiger partial charge in [0.1, 0.15) is 10.8 Å². The first-order valence-electron chi connectivity index (χ1n) is 9.22. The summed E-state index contributed by atoms with van der Waals surface area (Å²) in [6.07, 6.45) is 2.76. The van der Waals surface area contributed by atoms with Gasteiger partial charge >= 0.3 is 0 Å². The number of carbonyl (C=O) groups excluding carboxylic acids is 2. The number of carbonyl (C=O) groups is 2. The lowest BCUT2D eigenvalue weighted by atomic mass is 10.1. The minimum atomic E-state index is -0.494. The summed E-state index contributed by atoms with van der Waals surface area (Å²) < 4.78 is 6.16. The highest BCUT2D eigenvalue weighted by molar-refractivity contribution is 9.10. The van der Waals surface area contributed by atoms with Crippen molar-refractivity contribution in [2.24, 2.45) is 5.73 Å². The van der Waals surface area contributed by atoms with E-state index in [0.29, 0.717) is 26.4 Å². The predicted octanol–water partition coefficient (Wildman–Crippen LogP) is 4.39. The van der Waals surface area contributed by atoms with Gasteiger partial charge in [0.05, 0.1) is 22.7 Å². The van der Waals surface area contributed by atoms with Gasteiger partial charge in [0.15, 0.2) is 5.11 Å². The number of nitrogens with one attached hydrogen (secondary N) is 2. The molecule has 0 spiro atoms. The van der Waals surface area contributed by atoms with Crippen molar-refractivity contribution in [3.8, 4) is 5.75 Å². The third-order valence-corrected chi connectivity index (χ3v) is 7.21. The van der Waals surface area contributed by atoms with Crippen molar-refractivity contribution < 1.29 is 14.3 Å². The van der Waals surface area contributed by atoms with Crippen molar-refractivity contribution in [1.29, 1.82) is 0 Å². The first-order chi connectivity index (χ1) is 14.4. The molecule has 0 unspecified atom stereocenters. The molecule has 3 aromatic rings. The fourth-order valence-corrected chi connectivity index (χ4v) is 6.01. The second-order valence-electron chi connectivity index (χ2n) is 6.83. The molecule has 0 fully saturated rings. The number of ether oxygens (including phenoxy) is 1. The quantitative estimate of drug-likeness (QED) is 0.459. The Morgan fingerprint density at radius 2 is 2.03 bits per heavy atom. The molecule has 2 aromatic carbocycles. The summed E-state index contributed by atoms with van der Waals surface area (Å²) in [6.45, 7) is 0. The Balaban J connectivity index is 1.59. The number of methoxy groups -OCH3 is 1. The summed E-state index contributed by atoms with van der Waals surface area (Å²) in [5.41, 5.74) is 7.38. The molecule has 0 aliphatic heterocycles. The van der Waals surface area contributed by atoms with Crippen LogP contribution in [-0.2, 0) is 12.8 Å². The maximum Gasteiger partial charge on any atom is 0.261 e. The fraction of sp³-hybridized carbons (Fsp3) is 0.190. The summed E-state index contributed by atoms with van der Waals surface area (Å²) in [7, 11) is 1.51. The van der Waals surface area contributed by atoms with Gasteiger partial charge in [-0.25, -0.2) is 0 Å². The van der Waals surface area contributed by atoms with E-state index in [4.69, 9.17) is 22.7 Å². The minimum Gasteiger partial charge on any atom is -0.495 e. The van der Waals surface area contributed by atoms with Gasteiger partial charge in [-0.05, 0) is 69.8 Å². The molecule has 4 N–H and O–H groups in total. The van der Waals surface area contributed by atoms with Crippen LogP contribution in [0.25, 0.3) is 10.8 Å². The Kier molecular flexibility index (Phi) is 5.77. The van der Waals surface area contributed by atoms with Crippen molar-refractivity contribution in [2.75, 3.05) is 12.4 Å². The topological polar surface area (TPSA) is 93.4 Å². The molecular weight excluding hydrogens is 486 g/mol. The minimum absolute atomic E-state index is 0.0914. The SMILES string of the molecule is COc1c(C(=O)NC(=S)Nc2sc3c(c2C(N)=O)CCC3)cc2ccccc2c1Br. The Morgan fingerprint density at radius 1 is 1.27 bits per heavy atom. The Morgan fingerprint density at radius 3 is 2.77 bits per heavy atom. The van der Waals surface area contributed by atoms with Gasteiger partial charge in [0, 0.05) is 4.88 Å². The van der Waals surface area contributed by atoms with Gasteiger partial charge in [0.25, 0.3) is 11.8 Å². The number of aryl methyl sites for hydroxylation is 1. The second kappa shape index (κ2) is 8.33. The third-order valence-electron chi connectivity index (χ3n) is 5.01. The van der Waals surface area contributed by atoms with Crippen molar-refractivity contribution in [3.05, 3.63) is 56.4 Å². The van der Waals surface area contributed by atoms with Crippen LogP contribution in [0.3, 0.4) is 0 Å². The second-order valence-corrected chi connectivity index (χ2v) is 9.13. The average Bonchev–Trinajstić information content (AvgIpc) is 3.28. The maximum atomic E-state index is 13.0. The number of hydrogen-bond donors (Lipinski definition) is 3. The lowest BCUT2D eigenvalue weighted by Gasteiger charge is -2.14. The molecule has 30 heavy (non-hydrogen) atoms. The van der Waals surface area contributed by atoms with Crippen LogP contribution in [0.4, 0.5) is 5.00 Å². The Hall–Kier alpha value is -2.49.